The quantitative estimate of drug-likeness (QED) is 0.908. The number of nitrogens with one attached hydrogen (secondary N) is 2. The first-order valence-corrected chi connectivity index (χ1v) is 8.30. The molecule has 3 rings (SSSR count). The highest BCUT2D eigenvalue weighted by molar-refractivity contribution is 7.10. The van der Waals surface area contributed by atoms with Gasteiger partial charge < -0.3 is 10.6 Å². The zero-order chi connectivity index (χ0) is 14.7. The van der Waals surface area contributed by atoms with E-state index in [0.29, 0.717) is 5.02 Å². The predicted molar refractivity (Wildman–Crippen MR) is 86.7 cm³/mol. The third-order valence-electron chi connectivity index (χ3n) is 3.75. The predicted octanol–water partition coefficient (Wildman–Crippen LogP) is 3.22. The zero-order valence-electron chi connectivity index (χ0n) is 11.5. The van der Waals surface area contributed by atoms with Gasteiger partial charge in [-0.25, -0.2) is 0 Å². The van der Waals surface area contributed by atoms with Gasteiger partial charge in [-0.1, -0.05) is 29.8 Å². The molecule has 2 unspecified atom stereocenters. The van der Waals surface area contributed by atoms with Crippen LogP contribution in [0.2, 0.25) is 5.02 Å². The summed E-state index contributed by atoms with van der Waals surface area (Å²) in [4.78, 5) is 13.6. The van der Waals surface area contributed by atoms with Gasteiger partial charge in [0.1, 0.15) is 0 Å². The van der Waals surface area contributed by atoms with Gasteiger partial charge in [-0.15, -0.1) is 11.3 Å². The zero-order valence-corrected chi connectivity index (χ0v) is 13.1. The standard InChI is InChI=1S/C16H17ClN2OS/c17-13-5-3-11(4-6-13)15(14-2-1-9-21-14)19-16(20)12-7-8-18-10-12/h1-6,9,12,15,18H,7-8,10H2,(H,19,20). The minimum Gasteiger partial charge on any atom is -0.344 e. The molecule has 3 nitrogen and oxygen atoms in total. The Morgan fingerprint density at radius 3 is 2.76 bits per heavy atom. The summed E-state index contributed by atoms with van der Waals surface area (Å²) in [6.07, 6.45) is 0.906. The fourth-order valence-corrected chi connectivity index (χ4v) is 3.50. The summed E-state index contributed by atoms with van der Waals surface area (Å²) in [5, 5.41) is 9.15. The Morgan fingerprint density at radius 2 is 2.14 bits per heavy atom. The number of benzene rings is 1. The van der Waals surface area contributed by atoms with Gasteiger partial charge in [-0.3, -0.25) is 4.79 Å². The van der Waals surface area contributed by atoms with Gasteiger partial charge in [0.25, 0.3) is 0 Å². The smallest absolute Gasteiger partial charge is 0.225 e. The monoisotopic (exact) mass is 320 g/mol. The first-order valence-electron chi connectivity index (χ1n) is 7.04. The van der Waals surface area contributed by atoms with Crippen molar-refractivity contribution in [2.75, 3.05) is 13.1 Å². The van der Waals surface area contributed by atoms with Crippen LogP contribution in [0.3, 0.4) is 0 Å². The second-order valence-corrected chi connectivity index (χ2v) is 6.61. The van der Waals surface area contributed by atoms with Gasteiger partial charge in [0.2, 0.25) is 5.91 Å². The highest BCUT2D eigenvalue weighted by Crippen LogP contribution is 2.27. The molecule has 1 aliphatic rings. The molecule has 1 saturated heterocycles. The summed E-state index contributed by atoms with van der Waals surface area (Å²) < 4.78 is 0. The van der Waals surface area contributed by atoms with Crippen LogP contribution in [0.15, 0.2) is 41.8 Å². The van der Waals surface area contributed by atoms with Crippen molar-refractivity contribution in [3.63, 3.8) is 0 Å². The molecule has 0 saturated carbocycles. The van der Waals surface area contributed by atoms with Gasteiger partial charge in [0.05, 0.1) is 12.0 Å². The third-order valence-corrected chi connectivity index (χ3v) is 4.94. The van der Waals surface area contributed by atoms with Gasteiger partial charge in [-0.2, -0.15) is 0 Å². The third kappa shape index (κ3) is 3.46. The summed E-state index contributed by atoms with van der Waals surface area (Å²) >= 11 is 7.61. The molecule has 0 aliphatic carbocycles. The maximum Gasteiger partial charge on any atom is 0.225 e. The number of hydrogen-bond acceptors (Lipinski definition) is 3. The topological polar surface area (TPSA) is 41.1 Å². The van der Waals surface area contributed by atoms with Crippen molar-refractivity contribution in [1.29, 1.82) is 0 Å². The number of amides is 1. The van der Waals surface area contributed by atoms with E-state index in [0.717, 1.165) is 30.0 Å². The second kappa shape index (κ2) is 6.60. The molecule has 1 aromatic carbocycles. The Bertz CT molecular complexity index is 591. The Hall–Kier alpha value is -1.36. The molecule has 2 atom stereocenters. The Labute approximate surface area is 133 Å². The first kappa shape index (κ1) is 14.6. The summed E-state index contributed by atoms with van der Waals surface area (Å²) in [7, 11) is 0. The van der Waals surface area contributed by atoms with Crippen LogP contribution in [0.1, 0.15) is 22.9 Å². The average Bonchev–Trinajstić information content (AvgIpc) is 3.19. The molecule has 0 radical (unpaired) electrons. The highest BCUT2D eigenvalue weighted by atomic mass is 35.5. The van der Waals surface area contributed by atoms with Crippen molar-refractivity contribution >= 4 is 28.8 Å². The maximum atomic E-state index is 12.4. The number of carbonyl (C=O) groups excluding carboxylic acids is 1. The molecule has 1 amide bonds. The fraction of sp³-hybridized carbons (Fsp3) is 0.312. The van der Waals surface area contributed by atoms with Crippen LogP contribution in [0.25, 0.3) is 0 Å². The van der Waals surface area contributed by atoms with E-state index >= 15 is 0 Å². The molecule has 2 N–H and O–H groups in total. The maximum absolute atomic E-state index is 12.4. The molecular formula is C16H17ClN2OS. The lowest BCUT2D eigenvalue weighted by molar-refractivity contribution is -0.124. The number of halogens is 1. The Morgan fingerprint density at radius 1 is 1.33 bits per heavy atom. The van der Waals surface area contributed by atoms with Crippen LogP contribution >= 0.6 is 22.9 Å². The number of rotatable bonds is 4. The molecule has 1 aromatic heterocycles. The van der Waals surface area contributed by atoms with Gasteiger partial charge in [-0.05, 0) is 42.1 Å². The van der Waals surface area contributed by atoms with Crippen molar-refractivity contribution in [2.45, 2.75) is 12.5 Å². The largest absolute Gasteiger partial charge is 0.344 e. The van der Waals surface area contributed by atoms with Crippen LogP contribution in [0.5, 0.6) is 0 Å². The van der Waals surface area contributed by atoms with E-state index in [4.69, 9.17) is 11.6 Å². The molecule has 0 bridgehead atoms. The van der Waals surface area contributed by atoms with Crippen LogP contribution < -0.4 is 10.6 Å². The van der Waals surface area contributed by atoms with Crippen molar-refractivity contribution in [3.8, 4) is 0 Å². The average molecular weight is 321 g/mol. The summed E-state index contributed by atoms with van der Waals surface area (Å²) in [6.45, 7) is 1.69. The van der Waals surface area contributed by atoms with E-state index in [2.05, 4.69) is 16.7 Å². The molecule has 2 heterocycles. The van der Waals surface area contributed by atoms with E-state index < -0.39 is 0 Å². The van der Waals surface area contributed by atoms with E-state index in [1.807, 2.05) is 35.7 Å². The van der Waals surface area contributed by atoms with E-state index in [1.165, 1.54) is 0 Å². The Balaban J connectivity index is 1.82. The van der Waals surface area contributed by atoms with Crippen molar-refractivity contribution in [3.05, 3.63) is 57.2 Å². The van der Waals surface area contributed by atoms with E-state index in [-0.39, 0.29) is 17.9 Å². The minimum atomic E-state index is -0.102. The summed E-state index contributed by atoms with van der Waals surface area (Å²) in [6, 6.07) is 11.6. The highest BCUT2D eigenvalue weighted by Gasteiger charge is 2.26. The normalized spacial score (nSPS) is 19.4. The number of carbonyl (C=O) groups is 1. The molecule has 110 valence electrons. The van der Waals surface area contributed by atoms with Crippen LogP contribution in [-0.2, 0) is 4.79 Å². The molecule has 1 fully saturated rings. The Kier molecular flexibility index (Phi) is 4.58. The first-order chi connectivity index (χ1) is 10.2. The van der Waals surface area contributed by atoms with E-state index in [9.17, 15) is 4.79 Å². The lowest BCUT2D eigenvalue weighted by Crippen LogP contribution is -2.35. The van der Waals surface area contributed by atoms with Crippen molar-refractivity contribution in [1.82, 2.24) is 10.6 Å². The fourth-order valence-electron chi connectivity index (χ4n) is 2.57. The number of hydrogen-bond donors (Lipinski definition) is 2. The van der Waals surface area contributed by atoms with Gasteiger partial charge in [0, 0.05) is 16.4 Å². The minimum absolute atomic E-state index is 0.0692. The van der Waals surface area contributed by atoms with Crippen molar-refractivity contribution < 1.29 is 4.79 Å². The molecule has 0 spiro atoms. The molecule has 1 aliphatic heterocycles. The van der Waals surface area contributed by atoms with Crippen molar-refractivity contribution in [2.24, 2.45) is 5.92 Å². The summed E-state index contributed by atoms with van der Waals surface area (Å²) in [5.74, 6) is 0.188. The van der Waals surface area contributed by atoms with Gasteiger partial charge >= 0.3 is 0 Å². The van der Waals surface area contributed by atoms with Crippen LogP contribution in [0, 0.1) is 5.92 Å². The molecule has 5 heteroatoms. The van der Waals surface area contributed by atoms with E-state index in [1.54, 1.807) is 11.3 Å². The lowest BCUT2D eigenvalue weighted by Gasteiger charge is -2.20. The molecule has 21 heavy (non-hydrogen) atoms. The second-order valence-electron chi connectivity index (χ2n) is 5.20. The molecular weight excluding hydrogens is 304 g/mol. The van der Waals surface area contributed by atoms with Crippen LogP contribution in [-0.4, -0.2) is 19.0 Å². The van der Waals surface area contributed by atoms with Crippen LogP contribution in [0.4, 0.5) is 0 Å². The molecule has 2 aromatic rings. The number of thiophene rings is 1. The van der Waals surface area contributed by atoms with Gasteiger partial charge in [0.15, 0.2) is 0 Å². The SMILES string of the molecule is O=C(NC(c1ccc(Cl)cc1)c1cccs1)C1CCNC1. The summed E-state index contributed by atoms with van der Waals surface area (Å²) in [5.41, 5.74) is 1.06. The lowest BCUT2D eigenvalue weighted by atomic mass is 10.0.